The molecule has 1 fully saturated rings. The number of benzene rings is 1. The van der Waals surface area contributed by atoms with Gasteiger partial charge in [-0.15, -0.1) is 0 Å². The van der Waals surface area contributed by atoms with Crippen LogP contribution in [0.25, 0.3) is 0 Å². The summed E-state index contributed by atoms with van der Waals surface area (Å²) in [5.41, 5.74) is 1.74. The van der Waals surface area contributed by atoms with Crippen LogP contribution in [-0.4, -0.2) is 64.6 Å². The molecule has 4 heterocycles. The van der Waals surface area contributed by atoms with Gasteiger partial charge in [-0.25, -0.2) is 5.01 Å². The maximum atomic E-state index is 13.6. The molecule has 2 aromatic heterocycles. The van der Waals surface area contributed by atoms with Crippen molar-refractivity contribution in [3.05, 3.63) is 83.2 Å². The van der Waals surface area contributed by atoms with E-state index in [1.54, 1.807) is 28.3 Å². The van der Waals surface area contributed by atoms with Crippen LogP contribution in [0.15, 0.2) is 75.0 Å². The Morgan fingerprint density at radius 1 is 1.00 bits per heavy atom. The van der Waals surface area contributed by atoms with Crippen molar-refractivity contribution in [3.8, 4) is 0 Å². The summed E-state index contributed by atoms with van der Waals surface area (Å²) in [6, 6.07) is 13.8. The van der Waals surface area contributed by atoms with E-state index in [4.69, 9.17) is 25.5 Å². The number of rotatable bonds is 5. The summed E-state index contributed by atoms with van der Waals surface area (Å²) in [6.07, 6.45) is 3.66. The predicted molar refractivity (Wildman–Crippen MR) is 127 cm³/mol. The summed E-state index contributed by atoms with van der Waals surface area (Å²) in [6.45, 7) is 4.12. The summed E-state index contributed by atoms with van der Waals surface area (Å²) < 4.78 is 10.9. The molecule has 9 heteroatoms. The molecule has 0 bridgehead atoms. The number of hydrogen-bond acceptors (Lipinski definition) is 6. The number of hydrogen-bond donors (Lipinski definition) is 0. The fraction of sp³-hybridized carbons (Fsp3) is 0.320. The maximum Gasteiger partial charge on any atom is 0.289 e. The van der Waals surface area contributed by atoms with Crippen molar-refractivity contribution in [3.63, 3.8) is 0 Å². The van der Waals surface area contributed by atoms with Crippen molar-refractivity contribution in [1.82, 2.24) is 14.8 Å². The number of halogens is 1. The van der Waals surface area contributed by atoms with E-state index in [1.165, 1.54) is 6.26 Å². The van der Waals surface area contributed by atoms with E-state index in [0.717, 1.165) is 11.3 Å². The summed E-state index contributed by atoms with van der Waals surface area (Å²) >= 11 is 6.04. The van der Waals surface area contributed by atoms with Gasteiger partial charge in [0, 0.05) is 37.6 Å². The Hall–Kier alpha value is -3.36. The van der Waals surface area contributed by atoms with Crippen molar-refractivity contribution in [2.45, 2.75) is 25.4 Å². The van der Waals surface area contributed by atoms with Crippen molar-refractivity contribution in [1.29, 1.82) is 0 Å². The van der Waals surface area contributed by atoms with Crippen LogP contribution in [0.1, 0.15) is 41.3 Å². The first-order chi connectivity index (χ1) is 16.5. The van der Waals surface area contributed by atoms with Crippen molar-refractivity contribution >= 4 is 29.1 Å². The third-order valence-corrected chi connectivity index (χ3v) is 6.68. The largest absolute Gasteiger partial charge is 0.467 e. The van der Waals surface area contributed by atoms with E-state index in [9.17, 15) is 9.59 Å². The monoisotopic (exact) mass is 480 g/mol. The summed E-state index contributed by atoms with van der Waals surface area (Å²) in [7, 11) is 0. The van der Waals surface area contributed by atoms with Crippen molar-refractivity contribution in [2.24, 2.45) is 5.10 Å². The lowest BCUT2D eigenvalue weighted by Crippen LogP contribution is -2.55. The Labute approximate surface area is 202 Å². The predicted octanol–water partition coefficient (Wildman–Crippen LogP) is 4.05. The normalized spacial score (nSPS) is 19.8. The standard InChI is InChI=1S/C25H25ClN4O4/c1-17(28-10-12-29(13-11-28)25(32)23-5-3-15-34-23)24(31)30-21(22-4-2-14-33-22)16-20(27-30)18-6-8-19(26)9-7-18/h2-9,14-15,17,21H,10-13,16H2,1H3. The van der Waals surface area contributed by atoms with E-state index in [1.807, 2.05) is 43.3 Å². The minimum Gasteiger partial charge on any atom is -0.467 e. The van der Waals surface area contributed by atoms with Crippen LogP contribution in [0.5, 0.6) is 0 Å². The molecular weight excluding hydrogens is 456 g/mol. The molecule has 0 spiro atoms. The lowest BCUT2D eigenvalue weighted by atomic mass is 10.0. The molecule has 0 saturated carbocycles. The topological polar surface area (TPSA) is 82.5 Å². The number of hydrazone groups is 1. The molecule has 2 aliphatic rings. The Kier molecular flexibility index (Phi) is 6.26. The first kappa shape index (κ1) is 22.4. The van der Waals surface area contributed by atoms with Gasteiger partial charge in [0.1, 0.15) is 11.8 Å². The smallest absolute Gasteiger partial charge is 0.289 e. The summed E-state index contributed by atoms with van der Waals surface area (Å²) in [4.78, 5) is 30.0. The fourth-order valence-corrected chi connectivity index (χ4v) is 4.57. The van der Waals surface area contributed by atoms with E-state index < -0.39 is 6.04 Å². The molecule has 1 saturated heterocycles. The molecule has 8 nitrogen and oxygen atoms in total. The van der Waals surface area contributed by atoms with Crippen molar-refractivity contribution < 1.29 is 18.4 Å². The number of amides is 2. The van der Waals surface area contributed by atoms with Crippen LogP contribution >= 0.6 is 11.6 Å². The lowest BCUT2D eigenvalue weighted by Gasteiger charge is -2.38. The van der Waals surface area contributed by atoms with Gasteiger partial charge < -0.3 is 13.7 Å². The summed E-state index contributed by atoms with van der Waals surface area (Å²) in [5, 5.41) is 6.91. The third-order valence-electron chi connectivity index (χ3n) is 6.42. The Balaban J connectivity index is 1.30. The van der Waals surface area contributed by atoms with Crippen LogP contribution < -0.4 is 0 Å². The summed E-state index contributed by atoms with van der Waals surface area (Å²) in [5.74, 6) is 0.802. The SMILES string of the molecule is CC(C(=O)N1N=C(c2ccc(Cl)cc2)CC1c1ccco1)N1CCN(C(=O)c2ccco2)CC1. The van der Waals surface area contributed by atoms with Crippen LogP contribution in [0.3, 0.4) is 0 Å². The molecule has 5 rings (SSSR count). The molecule has 2 unspecified atom stereocenters. The number of piperazine rings is 1. The third kappa shape index (κ3) is 4.38. The molecule has 1 aromatic carbocycles. The van der Waals surface area contributed by atoms with Crippen LogP contribution in [-0.2, 0) is 4.79 Å². The zero-order valence-corrected chi connectivity index (χ0v) is 19.5. The molecular formula is C25H25ClN4O4. The highest BCUT2D eigenvalue weighted by Gasteiger charge is 2.39. The van der Waals surface area contributed by atoms with Gasteiger partial charge in [0.15, 0.2) is 5.76 Å². The molecule has 34 heavy (non-hydrogen) atoms. The van der Waals surface area contributed by atoms with Gasteiger partial charge in [-0.2, -0.15) is 5.10 Å². The molecule has 2 amide bonds. The van der Waals surface area contributed by atoms with E-state index in [0.29, 0.717) is 49.1 Å². The van der Waals surface area contributed by atoms with Crippen LogP contribution in [0.2, 0.25) is 5.02 Å². The average Bonchev–Trinajstić information content (AvgIpc) is 3.64. The molecule has 2 atom stereocenters. The van der Waals surface area contributed by atoms with Gasteiger partial charge in [0.2, 0.25) is 0 Å². The van der Waals surface area contributed by atoms with Crippen LogP contribution in [0, 0.1) is 0 Å². The van der Waals surface area contributed by atoms with Gasteiger partial charge in [0.25, 0.3) is 11.8 Å². The highest BCUT2D eigenvalue weighted by atomic mass is 35.5. The lowest BCUT2D eigenvalue weighted by molar-refractivity contribution is -0.139. The molecule has 2 aliphatic heterocycles. The Morgan fingerprint density at radius 2 is 1.71 bits per heavy atom. The molecule has 0 aliphatic carbocycles. The minimum absolute atomic E-state index is 0.101. The van der Waals surface area contributed by atoms with Gasteiger partial charge >= 0.3 is 0 Å². The highest BCUT2D eigenvalue weighted by Crippen LogP contribution is 2.34. The Morgan fingerprint density at radius 3 is 2.35 bits per heavy atom. The average molecular weight is 481 g/mol. The van der Waals surface area contributed by atoms with E-state index in [-0.39, 0.29) is 17.9 Å². The van der Waals surface area contributed by atoms with E-state index in [2.05, 4.69) is 4.90 Å². The van der Waals surface area contributed by atoms with Crippen LogP contribution in [0.4, 0.5) is 0 Å². The first-order valence-corrected chi connectivity index (χ1v) is 11.7. The first-order valence-electron chi connectivity index (χ1n) is 11.3. The molecule has 0 N–H and O–H groups in total. The number of furan rings is 2. The second-order valence-corrected chi connectivity index (χ2v) is 8.89. The molecule has 0 radical (unpaired) electrons. The van der Waals surface area contributed by atoms with Gasteiger partial charge in [-0.3, -0.25) is 14.5 Å². The maximum absolute atomic E-state index is 13.6. The van der Waals surface area contributed by atoms with E-state index >= 15 is 0 Å². The van der Waals surface area contributed by atoms with Gasteiger partial charge in [-0.1, -0.05) is 23.7 Å². The molecule has 3 aromatic rings. The Bertz CT molecular complexity index is 1170. The second kappa shape index (κ2) is 9.48. The fourth-order valence-electron chi connectivity index (χ4n) is 4.45. The quantitative estimate of drug-likeness (QED) is 0.550. The minimum atomic E-state index is -0.397. The number of nitrogens with zero attached hydrogens (tertiary/aromatic N) is 4. The molecule has 176 valence electrons. The zero-order valence-electron chi connectivity index (χ0n) is 18.8. The van der Waals surface area contributed by atoms with Crippen molar-refractivity contribution in [2.75, 3.05) is 26.2 Å². The number of carbonyl (C=O) groups is 2. The van der Waals surface area contributed by atoms with Gasteiger partial charge in [-0.05, 0) is 48.9 Å². The highest BCUT2D eigenvalue weighted by molar-refractivity contribution is 6.30. The second-order valence-electron chi connectivity index (χ2n) is 8.45. The zero-order chi connectivity index (χ0) is 23.7. The van der Waals surface area contributed by atoms with Gasteiger partial charge in [0.05, 0.1) is 24.3 Å². The number of carbonyl (C=O) groups excluding carboxylic acids is 2.